The third kappa shape index (κ3) is 1.58. The zero-order valence-electron chi connectivity index (χ0n) is 6.08. The van der Waals surface area contributed by atoms with Gasteiger partial charge in [-0.3, -0.25) is 0 Å². The molecule has 1 aromatic rings. The first-order chi connectivity index (χ1) is 5.40. The normalized spacial score (nSPS) is 17.2. The molecule has 0 aromatic carbocycles. The van der Waals surface area contributed by atoms with E-state index in [2.05, 4.69) is 10.5 Å². The van der Waals surface area contributed by atoms with Gasteiger partial charge in [-0.1, -0.05) is 0 Å². The summed E-state index contributed by atoms with van der Waals surface area (Å²) in [5.74, 6) is 0.729. The number of hydroxylamine groups is 1. The molecule has 3 nitrogen and oxygen atoms in total. The zero-order valence-corrected chi connectivity index (χ0v) is 6.90. The topological polar surface area (TPSA) is 45.1 Å². The van der Waals surface area contributed by atoms with E-state index in [1.807, 2.05) is 5.38 Å². The van der Waals surface area contributed by atoms with Crippen molar-refractivity contribution in [1.29, 1.82) is 0 Å². The molecule has 1 aliphatic carbocycles. The molecule has 2 rings (SSSR count). The second-order valence-corrected chi connectivity index (χ2v) is 3.68. The van der Waals surface area contributed by atoms with Crippen LogP contribution in [-0.4, -0.2) is 10.2 Å². The van der Waals surface area contributed by atoms with E-state index in [0.717, 1.165) is 11.6 Å². The average molecular weight is 170 g/mol. The van der Waals surface area contributed by atoms with E-state index < -0.39 is 0 Å². The van der Waals surface area contributed by atoms with E-state index >= 15 is 0 Å². The fourth-order valence-electron chi connectivity index (χ4n) is 1.00. The Labute approximate surface area is 69.0 Å². The van der Waals surface area contributed by atoms with E-state index in [4.69, 9.17) is 5.21 Å². The van der Waals surface area contributed by atoms with Crippen molar-refractivity contribution in [3.8, 4) is 0 Å². The monoisotopic (exact) mass is 170 g/mol. The minimum Gasteiger partial charge on any atom is -0.316 e. The maximum Gasteiger partial charge on any atom is 0.0959 e. The van der Waals surface area contributed by atoms with Crippen LogP contribution in [-0.2, 0) is 6.54 Å². The molecule has 0 unspecified atom stereocenters. The maximum atomic E-state index is 8.40. The lowest BCUT2D eigenvalue weighted by molar-refractivity contribution is 0.160. The van der Waals surface area contributed by atoms with Gasteiger partial charge in [-0.15, -0.1) is 11.3 Å². The van der Waals surface area contributed by atoms with Crippen LogP contribution in [0.5, 0.6) is 0 Å². The van der Waals surface area contributed by atoms with Gasteiger partial charge >= 0.3 is 0 Å². The van der Waals surface area contributed by atoms with Gasteiger partial charge in [0, 0.05) is 11.3 Å². The second kappa shape index (κ2) is 2.89. The summed E-state index contributed by atoms with van der Waals surface area (Å²) >= 11 is 1.70. The summed E-state index contributed by atoms with van der Waals surface area (Å²) in [6.07, 6.45) is 2.58. The van der Waals surface area contributed by atoms with Crippen LogP contribution in [0.4, 0.5) is 0 Å². The van der Waals surface area contributed by atoms with Crippen molar-refractivity contribution < 1.29 is 5.21 Å². The van der Waals surface area contributed by atoms with Crippen LogP contribution in [0.3, 0.4) is 0 Å². The summed E-state index contributed by atoms with van der Waals surface area (Å²) in [7, 11) is 0. The van der Waals surface area contributed by atoms with Gasteiger partial charge in [0.05, 0.1) is 17.2 Å². The first-order valence-corrected chi connectivity index (χ1v) is 4.59. The lowest BCUT2D eigenvalue weighted by Crippen LogP contribution is -2.06. The zero-order chi connectivity index (χ0) is 7.68. The highest BCUT2D eigenvalue weighted by molar-refractivity contribution is 7.09. The Hall–Kier alpha value is -0.450. The molecule has 1 fully saturated rings. The van der Waals surface area contributed by atoms with Gasteiger partial charge in [-0.05, 0) is 12.8 Å². The summed E-state index contributed by atoms with van der Waals surface area (Å²) < 4.78 is 0. The lowest BCUT2D eigenvalue weighted by atomic mass is 10.4. The number of thiazole rings is 1. The van der Waals surface area contributed by atoms with Gasteiger partial charge in [0.1, 0.15) is 0 Å². The van der Waals surface area contributed by atoms with Gasteiger partial charge in [0.15, 0.2) is 0 Å². The minimum atomic E-state index is 0.462. The molecule has 0 amide bonds. The van der Waals surface area contributed by atoms with Crippen LogP contribution in [0.2, 0.25) is 0 Å². The van der Waals surface area contributed by atoms with Crippen molar-refractivity contribution >= 4 is 11.3 Å². The molecular weight excluding hydrogens is 160 g/mol. The standard InChI is InChI=1S/C7H10N2OS/c10-8-3-6-4-11-7(9-6)5-1-2-5/h4-5,8,10H,1-3H2. The maximum absolute atomic E-state index is 8.40. The Bertz CT molecular complexity index is 244. The molecule has 1 aromatic heterocycles. The molecule has 11 heavy (non-hydrogen) atoms. The Morgan fingerprint density at radius 3 is 3.18 bits per heavy atom. The molecule has 0 atom stereocenters. The molecule has 60 valence electrons. The predicted octanol–water partition coefficient (Wildman–Crippen LogP) is 1.50. The lowest BCUT2D eigenvalue weighted by Gasteiger charge is -1.89. The minimum absolute atomic E-state index is 0.462. The summed E-state index contributed by atoms with van der Waals surface area (Å²) in [5, 5.41) is 11.6. The van der Waals surface area contributed by atoms with Crippen molar-refractivity contribution in [3.05, 3.63) is 16.1 Å². The molecule has 0 saturated heterocycles. The Morgan fingerprint density at radius 2 is 2.55 bits per heavy atom. The molecule has 4 heteroatoms. The third-order valence-electron chi connectivity index (χ3n) is 1.76. The molecule has 1 heterocycles. The van der Waals surface area contributed by atoms with Crippen LogP contribution in [0, 0.1) is 0 Å². The molecule has 0 spiro atoms. The van der Waals surface area contributed by atoms with Crippen molar-refractivity contribution in [2.45, 2.75) is 25.3 Å². The largest absolute Gasteiger partial charge is 0.316 e. The summed E-state index contributed by atoms with van der Waals surface area (Å²) in [6, 6.07) is 0. The van der Waals surface area contributed by atoms with Crippen molar-refractivity contribution in [1.82, 2.24) is 10.5 Å². The van der Waals surface area contributed by atoms with Crippen LogP contribution in [0.1, 0.15) is 29.5 Å². The van der Waals surface area contributed by atoms with Crippen molar-refractivity contribution in [2.75, 3.05) is 0 Å². The number of rotatable bonds is 3. The Balaban J connectivity index is 2.06. The number of hydrogen-bond acceptors (Lipinski definition) is 4. The summed E-state index contributed by atoms with van der Waals surface area (Å²) in [5.41, 5.74) is 3.04. The highest BCUT2D eigenvalue weighted by Crippen LogP contribution is 2.41. The van der Waals surface area contributed by atoms with Gasteiger partial charge in [0.2, 0.25) is 0 Å². The van der Waals surface area contributed by atoms with Gasteiger partial charge in [0.25, 0.3) is 0 Å². The number of aromatic nitrogens is 1. The predicted molar refractivity (Wildman–Crippen MR) is 42.7 cm³/mol. The van der Waals surface area contributed by atoms with E-state index in [-0.39, 0.29) is 0 Å². The van der Waals surface area contributed by atoms with E-state index in [1.165, 1.54) is 17.8 Å². The van der Waals surface area contributed by atoms with Crippen LogP contribution in [0.15, 0.2) is 5.38 Å². The summed E-state index contributed by atoms with van der Waals surface area (Å²) in [6.45, 7) is 0.462. The average Bonchev–Trinajstić information content (AvgIpc) is 2.75. The molecule has 0 aliphatic heterocycles. The Morgan fingerprint density at radius 1 is 1.73 bits per heavy atom. The van der Waals surface area contributed by atoms with Crippen LogP contribution < -0.4 is 5.48 Å². The fraction of sp³-hybridized carbons (Fsp3) is 0.571. The first-order valence-electron chi connectivity index (χ1n) is 3.71. The SMILES string of the molecule is ONCc1csc(C2CC2)n1. The van der Waals surface area contributed by atoms with Gasteiger partial charge in [-0.2, -0.15) is 5.48 Å². The van der Waals surface area contributed by atoms with Crippen molar-refractivity contribution in [3.63, 3.8) is 0 Å². The van der Waals surface area contributed by atoms with E-state index in [1.54, 1.807) is 11.3 Å². The Kier molecular flexibility index (Phi) is 1.89. The number of nitrogens with one attached hydrogen (secondary N) is 1. The highest BCUT2D eigenvalue weighted by Gasteiger charge is 2.26. The molecule has 1 aliphatic rings. The van der Waals surface area contributed by atoms with E-state index in [0.29, 0.717) is 6.54 Å². The number of hydrogen-bond donors (Lipinski definition) is 2. The molecule has 2 N–H and O–H groups in total. The fourth-order valence-corrected chi connectivity index (χ4v) is 1.99. The molecular formula is C7H10N2OS. The van der Waals surface area contributed by atoms with Crippen LogP contribution in [0.25, 0.3) is 0 Å². The van der Waals surface area contributed by atoms with Gasteiger partial charge < -0.3 is 5.21 Å². The molecule has 0 radical (unpaired) electrons. The smallest absolute Gasteiger partial charge is 0.0959 e. The van der Waals surface area contributed by atoms with Gasteiger partial charge in [-0.25, -0.2) is 4.98 Å². The molecule has 1 saturated carbocycles. The third-order valence-corrected chi connectivity index (χ3v) is 2.81. The second-order valence-electron chi connectivity index (χ2n) is 2.79. The highest BCUT2D eigenvalue weighted by atomic mass is 32.1. The molecule has 0 bridgehead atoms. The first kappa shape index (κ1) is 7.21. The van der Waals surface area contributed by atoms with E-state index in [9.17, 15) is 0 Å². The van der Waals surface area contributed by atoms with Crippen molar-refractivity contribution in [2.24, 2.45) is 0 Å². The number of nitrogens with zero attached hydrogens (tertiary/aromatic N) is 1. The summed E-state index contributed by atoms with van der Waals surface area (Å²) in [4.78, 5) is 4.36. The quantitative estimate of drug-likeness (QED) is 0.676. The van der Waals surface area contributed by atoms with Crippen LogP contribution >= 0.6 is 11.3 Å².